The third-order valence-electron chi connectivity index (χ3n) is 5.01. The minimum Gasteiger partial charge on any atom is -0.492 e. The summed E-state index contributed by atoms with van der Waals surface area (Å²) in [6.07, 6.45) is 1.57. The zero-order chi connectivity index (χ0) is 25.2. The van der Waals surface area contributed by atoms with Crippen LogP contribution in [0.25, 0.3) is 0 Å². The lowest BCUT2D eigenvalue weighted by Gasteiger charge is -2.21. The predicted octanol–water partition coefficient (Wildman–Crippen LogP) is 5.95. The van der Waals surface area contributed by atoms with E-state index in [1.165, 1.54) is 16.4 Å². The van der Waals surface area contributed by atoms with E-state index in [1.807, 2.05) is 20.8 Å². The highest BCUT2D eigenvalue weighted by atomic mass is 35.5. The molecule has 1 aromatic heterocycles. The number of rotatable bonds is 7. The van der Waals surface area contributed by atoms with E-state index in [1.54, 1.807) is 32.2 Å². The highest BCUT2D eigenvalue weighted by Gasteiger charge is 2.20. The van der Waals surface area contributed by atoms with Crippen LogP contribution in [0.1, 0.15) is 47.8 Å². The first-order valence-corrected chi connectivity index (χ1v) is 11.9. The number of ether oxygens (including phenoxy) is 1. The molecule has 180 valence electrons. The Morgan fingerprint density at radius 1 is 1.15 bits per heavy atom. The molecule has 0 unspecified atom stereocenters. The number of aryl methyl sites for hydroxylation is 2. The Hall–Kier alpha value is -2.71. The van der Waals surface area contributed by atoms with Gasteiger partial charge >= 0.3 is 0 Å². The second-order valence-corrected chi connectivity index (χ2v) is 10.3. The monoisotopic (exact) mass is 506 g/mol. The van der Waals surface area contributed by atoms with Crippen LogP contribution in [0.4, 0.5) is 8.78 Å². The van der Waals surface area contributed by atoms with E-state index in [2.05, 4.69) is 5.10 Å². The predicted molar refractivity (Wildman–Crippen MR) is 130 cm³/mol. The number of carbonyl (C=O) groups is 1. The summed E-state index contributed by atoms with van der Waals surface area (Å²) in [5.74, 6) is -1.04. The van der Waals surface area contributed by atoms with Crippen molar-refractivity contribution in [3.63, 3.8) is 0 Å². The van der Waals surface area contributed by atoms with Crippen molar-refractivity contribution in [2.24, 2.45) is 0 Å². The van der Waals surface area contributed by atoms with Crippen LogP contribution in [-0.2, 0) is 5.54 Å². The maximum Gasteiger partial charge on any atom is 0.287 e. The second kappa shape index (κ2) is 10.3. The van der Waals surface area contributed by atoms with Gasteiger partial charge in [0.05, 0.1) is 28.8 Å². The van der Waals surface area contributed by atoms with Crippen molar-refractivity contribution in [3.8, 4) is 5.75 Å². The van der Waals surface area contributed by atoms with Gasteiger partial charge < -0.3 is 4.74 Å². The molecule has 0 aliphatic heterocycles. The molecule has 1 heterocycles. The summed E-state index contributed by atoms with van der Waals surface area (Å²) < 4.78 is 34.4. The van der Waals surface area contributed by atoms with Gasteiger partial charge in [0.1, 0.15) is 22.4 Å². The Kier molecular flexibility index (Phi) is 7.83. The molecule has 0 fully saturated rings. The first kappa shape index (κ1) is 25.9. The molecule has 0 bridgehead atoms. The molecule has 0 saturated carbocycles. The van der Waals surface area contributed by atoms with Gasteiger partial charge in [-0.2, -0.15) is 5.10 Å². The average Bonchev–Trinajstić information content (AvgIpc) is 2.74. The fourth-order valence-electron chi connectivity index (χ4n) is 3.43. The highest BCUT2D eigenvalue weighted by Crippen LogP contribution is 2.28. The first-order valence-electron chi connectivity index (χ1n) is 10.5. The summed E-state index contributed by atoms with van der Waals surface area (Å²) in [6.45, 7) is 9.53. The molecule has 0 spiro atoms. The van der Waals surface area contributed by atoms with Gasteiger partial charge in [-0.05, 0) is 70.0 Å². The first-order chi connectivity index (χ1) is 15.9. The molecule has 0 amide bonds. The summed E-state index contributed by atoms with van der Waals surface area (Å²) in [5, 5.41) is 4.34. The molecule has 3 aromatic rings. The number of aromatic nitrogens is 2. The fourth-order valence-corrected chi connectivity index (χ4v) is 4.44. The summed E-state index contributed by atoms with van der Waals surface area (Å²) in [5.41, 5.74) is 0.706. The molecular formula is C25H25ClF2N2O3S. The smallest absolute Gasteiger partial charge is 0.287 e. The normalized spacial score (nSPS) is 11.5. The molecule has 34 heavy (non-hydrogen) atoms. The lowest BCUT2D eigenvalue weighted by Crippen LogP contribution is -2.36. The minimum absolute atomic E-state index is 0.123. The van der Waals surface area contributed by atoms with E-state index in [0.717, 1.165) is 12.1 Å². The third-order valence-corrected chi connectivity index (χ3v) is 6.48. The van der Waals surface area contributed by atoms with Gasteiger partial charge in [-0.15, -0.1) is 11.8 Å². The molecule has 0 saturated heterocycles. The number of hydrogen-bond acceptors (Lipinski definition) is 5. The van der Waals surface area contributed by atoms with Gasteiger partial charge in [0.15, 0.2) is 5.78 Å². The minimum atomic E-state index is -0.902. The molecule has 0 aliphatic carbocycles. The molecule has 0 radical (unpaired) electrons. The number of benzene rings is 2. The molecule has 2 aromatic carbocycles. The zero-order valence-corrected chi connectivity index (χ0v) is 21.1. The largest absolute Gasteiger partial charge is 0.492 e. The molecule has 0 aliphatic rings. The van der Waals surface area contributed by atoms with Gasteiger partial charge in [-0.1, -0.05) is 11.6 Å². The fraction of sp³-hybridized carbons (Fsp3) is 0.320. The third kappa shape index (κ3) is 5.67. The molecular weight excluding hydrogens is 482 g/mol. The second-order valence-electron chi connectivity index (χ2n) is 8.80. The van der Waals surface area contributed by atoms with Gasteiger partial charge in [0.25, 0.3) is 5.56 Å². The Morgan fingerprint density at radius 3 is 2.38 bits per heavy atom. The summed E-state index contributed by atoms with van der Waals surface area (Å²) in [6, 6.07) is 6.12. The summed E-state index contributed by atoms with van der Waals surface area (Å²) >= 11 is 7.61. The van der Waals surface area contributed by atoms with Crippen LogP contribution < -0.4 is 10.3 Å². The number of thioether (sulfide) groups is 1. The van der Waals surface area contributed by atoms with Gasteiger partial charge in [-0.3, -0.25) is 9.59 Å². The highest BCUT2D eigenvalue weighted by molar-refractivity contribution is 7.99. The van der Waals surface area contributed by atoms with Crippen molar-refractivity contribution < 1.29 is 18.3 Å². The maximum absolute atomic E-state index is 14.0. The molecule has 5 nitrogen and oxygen atoms in total. The average molecular weight is 507 g/mol. The van der Waals surface area contributed by atoms with Crippen LogP contribution in [0.15, 0.2) is 46.2 Å². The van der Waals surface area contributed by atoms with Crippen LogP contribution in [0.5, 0.6) is 5.75 Å². The lowest BCUT2D eigenvalue weighted by atomic mass is 9.98. The van der Waals surface area contributed by atoms with Crippen molar-refractivity contribution in [1.29, 1.82) is 0 Å². The number of halogens is 3. The van der Waals surface area contributed by atoms with E-state index in [0.29, 0.717) is 45.8 Å². The van der Waals surface area contributed by atoms with E-state index in [9.17, 15) is 18.4 Å². The Bertz CT molecular complexity index is 1280. The zero-order valence-electron chi connectivity index (χ0n) is 19.5. The van der Waals surface area contributed by atoms with E-state index in [-0.39, 0.29) is 16.1 Å². The number of ketones is 1. The number of carbonyl (C=O) groups excluding carboxylic acids is 1. The van der Waals surface area contributed by atoms with Gasteiger partial charge in [0, 0.05) is 17.4 Å². The van der Waals surface area contributed by atoms with E-state index < -0.39 is 23.0 Å². The summed E-state index contributed by atoms with van der Waals surface area (Å²) in [4.78, 5) is 25.7. The van der Waals surface area contributed by atoms with Gasteiger partial charge in [0.2, 0.25) is 0 Å². The standard InChI is InChI=1S/C25H25ClF2N2O3S/c1-14-10-16(22(31)18-7-6-17(27)12-19(18)28)11-15(2)23(14)33-8-9-34-20-13-29-30(25(3,4)5)24(32)21(20)26/h6-7,10-13H,8-9H2,1-5H3. The van der Waals surface area contributed by atoms with Crippen molar-refractivity contribution >= 4 is 29.1 Å². The molecule has 9 heteroatoms. The molecule has 0 N–H and O–H groups in total. The van der Waals surface area contributed by atoms with Crippen molar-refractivity contribution in [2.75, 3.05) is 12.4 Å². The van der Waals surface area contributed by atoms with Crippen LogP contribution in [0.2, 0.25) is 5.02 Å². The maximum atomic E-state index is 14.0. The van der Waals surface area contributed by atoms with Crippen molar-refractivity contribution in [2.45, 2.75) is 45.1 Å². The quantitative estimate of drug-likeness (QED) is 0.225. The van der Waals surface area contributed by atoms with Gasteiger partial charge in [-0.25, -0.2) is 13.5 Å². The Morgan fingerprint density at radius 2 is 1.79 bits per heavy atom. The van der Waals surface area contributed by atoms with Crippen LogP contribution in [0.3, 0.4) is 0 Å². The lowest BCUT2D eigenvalue weighted by molar-refractivity contribution is 0.103. The SMILES string of the molecule is Cc1cc(C(=O)c2ccc(F)cc2F)cc(C)c1OCCSc1cnn(C(C)(C)C)c(=O)c1Cl. The van der Waals surface area contributed by atoms with Crippen LogP contribution >= 0.6 is 23.4 Å². The Labute approximate surface area is 206 Å². The van der Waals surface area contributed by atoms with E-state index >= 15 is 0 Å². The molecule has 3 rings (SSSR count). The summed E-state index contributed by atoms with van der Waals surface area (Å²) in [7, 11) is 0. The Balaban J connectivity index is 1.68. The molecule has 0 atom stereocenters. The van der Waals surface area contributed by atoms with Crippen molar-refractivity contribution in [1.82, 2.24) is 9.78 Å². The van der Waals surface area contributed by atoms with Crippen molar-refractivity contribution in [3.05, 3.63) is 85.8 Å². The number of nitrogens with zero attached hydrogens (tertiary/aromatic N) is 2. The van der Waals surface area contributed by atoms with Crippen LogP contribution in [0, 0.1) is 25.5 Å². The topological polar surface area (TPSA) is 61.2 Å². The van der Waals surface area contributed by atoms with Crippen LogP contribution in [-0.4, -0.2) is 27.9 Å². The van der Waals surface area contributed by atoms with E-state index in [4.69, 9.17) is 16.3 Å². The number of hydrogen-bond donors (Lipinski definition) is 0.